The molecule has 2 atom stereocenters. The molecule has 0 aliphatic carbocycles. The van der Waals surface area contributed by atoms with Crippen molar-refractivity contribution in [2.24, 2.45) is 0 Å². The van der Waals surface area contributed by atoms with Crippen LogP contribution in [0.1, 0.15) is 31.2 Å². The average molecular weight is 403 g/mol. The molecular weight excluding hydrogens is 368 g/mol. The van der Waals surface area contributed by atoms with Crippen molar-refractivity contribution in [3.8, 4) is 11.8 Å². The fourth-order valence-electron chi connectivity index (χ4n) is 3.08. The van der Waals surface area contributed by atoms with Crippen LogP contribution in [-0.2, 0) is 25.2 Å². The molecule has 28 heavy (non-hydrogen) atoms. The Morgan fingerprint density at radius 3 is 2.79 bits per heavy atom. The zero-order valence-electron chi connectivity index (χ0n) is 17.3. The predicted octanol–water partition coefficient (Wildman–Crippen LogP) is 4.92. The number of ether oxygens (including phenoxy) is 3. The largest absolute Gasteiger partial charge is 0.411 e. The summed E-state index contributed by atoms with van der Waals surface area (Å²) in [6.07, 6.45) is 5.69. The van der Waals surface area contributed by atoms with Crippen LogP contribution in [0, 0.1) is 11.8 Å². The normalized spacial score (nSPS) is 18.1. The van der Waals surface area contributed by atoms with E-state index in [1.165, 1.54) is 0 Å². The summed E-state index contributed by atoms with van der Waals surface area (Å²) in [6.45, 7) is 10.6. The number of hydrogen-bond donors (Lipinski definition) is 0. The smallest absolute Gasteiger partial charge is 0.191 e. The molecule has 1 heterocycles. The van der Waals surface area contributed by atoms with E-state index in [0.717, 1.165) is 37.5 Å². The van der Waals surface area contributed by atoms with Crippen LogP contribution in [-0.4, -0.2) is 40.5 Å². The van der Waals surface area contributed by atoms with E-state index in [-0.39, 0.29) is 12.4 Å². The Morgan fingerprint density at radius 1 is 1.25 bits per heavy atom. The van der Waals surface area contributed by atoms with Crippen LogP contribution >= 0.6 is 0 Å². The van der Waals surface area contributed by atoms with Crippen LogP contribution in [0.4, 0.5) is 0 Å². The maximum absolute atomic E-state index is 6.39. The second-order valence-corrected chi connectivity index (χ2v) is 11.8. The maximum atomic E-state index is 6.39. The third kappa shape index (κ3) is 9.68. The van der Waals surface area contributed by atoms with Gasteiger partial charge in [-0.15, -0.1) is 6.58 Å². The van der Waals surface area contributed by atoms with E-state index < -0.39 is 8.32 Å². The van der Waals surface area contributed by atoms with Gasteiger partial charge in [-0.1, -0.05) is 48.2 Å². The molecule has 1 aliphatic rings. The first-order valence-corrected chi connectivity index (χ1v) is 13.3. The third-order valence-corrected chi connectivity index (χ3v) is 6.71. The fourth-order valence-corrected chi connectivity index (χ4v) is 4.92. The number of benzene rings is 1. The molecule has 0 amide bonds. The molecule has 4 nitrogen and oxygen atoms in total. The fraction of sp³-hybridized carbons (Fsp3) is 0.565. The summed E-state index contributed by atoms with van der Waals surface area (Å²) in [7, 11) is -1.81. The van der Waals surface area contributed by atoms with Gasteiger partial charge in [0.2, 0.25) is 0 Å². The monoisotopic (exact) mass is 402 g/mol. The molecule has 5 heteroatoms. The first-order chi connectivity index (χ1) is 13.6. The van der Waals surface area contributed by atoms with Gasteiger partial charge >= 0.3 is 0 Å². The maximum Gasteiger partial charge on any atom is 0.191 e. The van der Waals surface area contributed by atoms with Crippen LogP contribution in [0.3, 0.4) is 0 Å². The molecule has 0 saturated carbocycles. The zero-order chi connectivity index (χ0) is 20.1. The molecule has 0 spiro atoms. The minimum Gasteiger partial charge on any atom is -0.411 e. The lowest BCUT2D eigenvalue weighted by molar-refractivity contribution is -0.154. The van der Waals surface area contributed by atoms with Crippen molar-refractivity contribution in [2.45, 2.75) is 63.8 Å². The zero-order valence-corrected chi connectivity index (χ0v) is 18.3. The van der Waals surface area contributed by atoms with Gasteiger partial charge in [-0.05, 0) is 44.0 Å². The molecular formula is C23H34O4Si. The van der Waals surface area contributed by atoms with Crippen molar-refractivity contribution in [2.75, 3.05) is 19.8 Å². The van der Waals surface area contributed by atoms with Crippen LogP contribution in [0.15, 0.2) is 43.0 Å². The van der Waals surface area contributed by atoms with Crippen molar-refractivity contribution in [1.82, 2.24) is 0 Å². The van der Waals surface area contributed by atoms with E-state index in [2.05, 4.69) is 43.6 Å². The van der Waals surface area contributed by atoms with Gasteiger partial charge in [0.05, 0.1) is 19.3 Å². The lowest BCUT2D eigenvalue weighted by Gasteiger charge is -2.27. The Hall–Kier alpha value is -1.42. The van der Waals surface area contributed by atoms with E-state index in [9.17, 15) is 0 Å². The summed E-state index contributed by atoms with van der Waals surface area (Å²) in [5.74, 6) is 6.30. The van der Waals surface area contributed by atoms with Crippen molar-refractivity contribution in [3.05, 3.63) is 48.6 Å². The molecule has 0 radical (unpaired) electrons. The van der Waals surface area contributed by atoms with Gasteiger partial charge in [0, 0.05) is 13.0 Å². The highest BCUT2D eigenvalue weighted by atomic mass is 28.4. The Balaban J connectivity index is 1.79. The second-order valence-electron chi connectivity index (χ2n) is 7.66. The molecule has 1 aromatic carbocycles. The van der Waals surface area contributed by atoms with Gasteiger partial charge in [0.15, 0.2) is 14.6 Å². The first kappa shape index (κ1) is 22.9. The topological polar surface area (TPSA) is 36.9 Å². The highest BCUT2D eigenvalue weighted by molar-refractivity contribution is 6.71. The van der Waals surface area contributed by atoms with Gasteiger partial charge in [-0.25, -0.2) is 0 Å². The molecule has 1 fully saturated rings. The Labute approximate surface area is 171 Å². The molecule has 0 bridgehead atoms. The minimum atomic E-state index is -1.81. The van der Waals surface area contributed by atoms with Gasteiger partial charge in [0.1, 0.15) is 6.61 Å². The third-order valence-electron chi connectivity index (χ3n) is 4.47. The van der Waals surface area contributed by atoms with Crippen molar-refractivity contribution >= 4 is 8.32 Å². The summed E-state index contributed by atoms with van der Waals surface area (Å²) in [5.41, 5.74) is 1.16. The highest BCUT2D eigenvalue weighted by Gasteiger charge is 2.25. The molecule has 2 unspecified atom stereocenters. The van der Waals surface area contributed by atoms with Gasteiger partial charge in [-0.2, -0.15) is 0 Å². The molecule has 0 N–H and O–H groups in total. The minimum absolute atomic E-state index is 0.0382. The molecule has 2 rings (SSSR count). The Bertz CT molecular complexity index is 614. The van der Waals surface area contributed by atoms with E-state index in [1.54, 1.807) is 0 Å². The predicted molar refractivity (Wildman–Crippen MR) is 115 cm³/mol. The molecule has 154 valence electrons. The summed E-state index contributed by atoms with van der Waals surface area (Å²) in [5, 5.41) is 0. The number of hydrogen-bond acceptors (Lipinski definition) is 4. The van der Waals surface area contributed by atoms with Gasteiger partial charge < -0.3 is 18.6 Å². The molecule has 1 saturated heterocycles. The number of rotatable bonds is 11. The van der Waals surface area contributed by atoms with E-state index in [4.69, 9.17) is 18.6 Å². The second kappa shape index (κ2) is 12.9. The standard InChI is InChI=1S/C23H34O4Si/c1-4-18-28(2,3)27-22(20-24-19-21-12-6-5-7-13-21)14-8-10-16-25-23-15-9-11-17-26-23/h4-7,12-13,22-23H,1,9,11,14-20H2,2-3H3. The summed E-state index contributed by atoms with van der Waals surface area (Å²) >= 11 is 0. The van der Waals surface area contributed by atoms with Crippen molar-refractivity contribution in [3.63, 3.8) is 0 Å². The average Bonchev–Trinajstić information content (AvgIpc) is 2.69. The highest BCUT2D eigenvalue weighted by Crippen LogP contribution is 2.17. The van der Waals surface area contributed by atoms with Crippen LogP contribution in [0.25, 0.3) is 0 Å². The quantitative estimate of drug-likeness (QED) is 0.299. The Kier molecular flexibility index (Phi) is 10.6. The van der Waals surface area contributed by atoms with Crippen LogP contribution in [0.2, 0.25) is 19.1 Å². The molecule has 0 aromatic heterocycles. The van der Waals surface area contributed by atoms with Crippen LogP contribution in [0.5, 0.6) is 0 Å². The summed E-state index contributed by atoms with van der Waals surface area (Å²) < 4.78 is 23.5. The van der Waals surface area contributed by atoms with Gasteiger partial charge in [-0.3, -0.25) is 0 Å². The van der Waals surface area contributed by atoms with E-state index in [0.29, 0.717) is 26.2 Å². The lowest BCUT2D eigenvalue weighted by atomic mass is 10.2. The first-order valence-electron chi connectivity index (χ1n) is 10.2. The van der Waals surface area contributed by atoms with E-state index in [1.807, 2.05) is 24.3 Å². The number of allylic oxidation sites excluding steroid dienone is 1. The van der Waals surface area contributed by atoms with Crippen molar-refractivity contribution < 1.29 is 18.6 Å². The summed E-state index contributed by atoms with van der Waals surface area (Å²) in [6, 6.07) is 11.1. The molecule has 1 aliphatic heterocycles. The van der Waals surface area contributed by atoms with Crippen molar-refractivity contribution in [1.29, 1.82) is 0 Å². The van der Waals surface area contributed by atoms with Gasteiger partial charge in [0.25, 0.3) is 0 Å². The Morgan fingerprint density at radius 2 is 2.07 bits per heavy atom. The SMILES string of the molecule is C=CC[Si](C)(C)OC(CC#CCOC1CCCCO1)COCc1ccccc1. The molecule has 1 aromatic rings. The van der Waals surface area contributed by atoms with E-state index >= 15 is 0 Å². The lowest BCUT2D eigenvalue weighted by Crippen LogP contribution is -2.37. The van der Waals surface area contributed by atoms with Crippen LogP contribution < -0.4 is 0 Å². The summed E-state index contributed by atoms with van der Waals surface area (Å²) in [4.78, 5) is 0.